The molecule has 6 heteroatoms. The number of hydrogen-bond acceptors (Lipinski definition) is 3. The lowest BCUT2D eigenvalue weighted by molar-refractivity contribution is 0.0861. The maximum absolute atomic E-state index is 12.5. The first-order valence-electron chi connectivity index (χ1n) is 7.97. The lowest BCUT2D eigenvalue weighted by atomic mass is 10.0. The Kier molecular flexibility index (Phi) is 4.50. The standard InChI is InChI=1S/C17H21N3O3/c1-2-23-17(22)20-10-7-13(8-11-20)19-16(21)14-5-3-4-12-6-9-18-15(12)14/h3-6,9,13,18H,2,7-8,10-11H2,1H3,(H,19,21). The first-order chi connectivity index (χ1) is 11.2. The van der Waals surface area contributed by atoms with E-state index in [1.807, 2.05) is 30.5 Å². The van der Waals surface area contributed by atoms with Gasteiger partial charge in [0.15, 0.2) is 0 Å². The van der Waals surface area contributed by atoms with Crippen molar-refractivity contribution in [1.29, 1.82) is 0 Å². The third-order valence-corrected chi connectivity index (χ3v) is 4.19. The van der Waals surface area contributed by atoms with Crippen molar-refractivity contribution in [3.05, 3.63) is 36.0 Å². The Labute approximate surface area is 134 Å². The fourth-order valence-electron chi connectivity index (χ4n) is 2.96. The molecule has 1 aromatic heterocycles. The van der Waals surface area contributed by atoms with Crippen molar-refractivity contribution >= 4 is 22.9 Å². The smallest absolute Gasteiger partial charge is 0.409 e. The number of piperidine rings is 1. The van der Waals surface area contributed by atoms with Crippen LogP contribution in [-0.2, 0) is 4.74 Å². The predicted octanol–water partition coefficient (Wildman–Crippen LogP) is 2.52. The summed E-state index contributed by atoms with van der Waals surface area (Å²) in [6.07, 6.45) is 3.05. The Hall–Kier alpha value is -2.50. The molecule has 1 aliphatic heterocycles. The highest BCUT2D eigenvalue weighted by atomic mass is 16.6. The van der Waals surface area contributed by atoms with Gasteiger partial charge >= 0.3 is 6.09 Å². The van der Waals surface area contributed by atoms with Gasteiger partial charge < -0.3 is 19.9 Å². The van der Waals surface area contributed by atoms with Crippen LogP contribution in [-0.4, -0.2) is 47.6 Å². The summed E-state index contributed by atoms with van der Waals surface area (Å²) in [5.74, 6) is -0.0763. The molecule has 1 aliphatic rings. The minimum Gasteiger partial charge on any atom is -0.450 e. The highest BCUT2D eigenvalue weighted by molar-refractivity contribution is 6.05. The van der Waals surface area contributed by atoms with E-state index in [2.05, 4.69) is 10.3 Å². The summed E-state index contributed by atoms with van der Waals surface area (Å²) in [7, 11) is 0. The van der Waals surface area contributed by atoms with Gasteiger partial charge in [-0.05, 0) is 31.9 Å². The number of benzene rings is 1. The molecule has 23 heavy (non-hydrogen) atoms. The highest BCUT2D eigenvalue weighted by Gasteiger charge is 2.25. The summed E-state index contributed by atoms with van der Waals surface area (Å²) in [5.41, 5.74) is 1.51. The second kappa shape index (κ2) is 6.73. The SMILES string of the molecule is CCOC(=O)N1CCC(NC(=O)c2cccc3cc[nH]c23)CC1. The van der Waals surface area contributed by atoms with Gasteiger partial charge in [-0.15, -0.1) is 0 Å². The number of likely N-dealkylation sites (tertiary alicyclic amines) is 1. The van der Waals surface area contributed by atoms with Gasteiger partial charge in [-0.2, -0.15) is 0 Å². The van der Waals surface area contributed by atoms with Gasteiger partial charge in [0.25, 0.3) is 5.91 Å². The summed E-state index contributed by atoms with van der Waals surface area (Å²) >= 11 is 0. The zero-order chi connectivity index (χ0) is 16.2. The van der Waals surface area contributed by atoms with E-state index in [9.17, 15) is 9.59 Å². The molecule has 0 bridgehead atoms. The van der Waals surface area contributed by atoms with Gasteiger partial charge in [0.05, 0.1) is 17.7 Å². The lowest BCUT2D eigenvalue weighted by Crippen LogP contribution is -2.46. The molecule has 2 amide bonds. The second-order valence-electron chi connectivity index (χ2n) is 5.68. The molecular weight excluding hydrogens is 294 g/mol. The summed E-state index contributed by atoms with van der Waals surface area (Å²) in [4.78, 5) is 29.0. The van der Waals surface area contributed by atoms with Gasteiger partial charge in [-0.25, -0.2) is 4.79 Å². The van der Waals surface area contributed by atoms with Crippen molar-refractivity contribution in [2.24, 2.45) is 0 Å². The predicted molar refractivity (Wildman–Crippen MR) is 87.4 cm³/mol. The summed E-state index contributed by atoms with van der Waals surface area (Å²) in [6.45, 7) is 3.40. The number of hydrogen-bond donors (Lipinski definition) is 2. The van der Waals surface area contributed by atoms with E-state index in [-0.39, 0.29) is 18.0 Å². The van der Waals surface area contributed by atoms with Crippen LogP contribution >= 0.6 is 0 Å². The molecule has 1 saturated heterocycles. The van der Waals surface area contributed by atoms with E-state index in [0.717, 1.165) is 23.7 Å². The molecule has 1 fully saturated rings. The number of carbonyl (C=O) groups excluding carboxylic acids is 2. The van der Waals surface area contributed by atoms with Gasteiger partial charge in [0.2, 0.25) is 0 Å². The van der Waals surface area contributed by atoms with Crippen LogP contribution in [0.5, 0.6) is 0 Å². The molecule has 3 rings (SSSR count). The average Bonchev–Trinajstić information content (AvgIpc) is 3.04. The number of fused-ring (bicyclic) bond motifs is 1. The topological polar surface area (TPSA) is 74.4 Å². The van der Waals surface area contributed by atoms with Crippen molar-refractivity contribution in [1.82, 2.24) is 15.2 Å². The normalized spacial score (nSPS) is 15.6. The quantitative estimate of drug-likeness (QED) is 0.914. The maximum atomic E-state index is 12.5. The molecule has 0 aliphatic carbocycles. The summed E-state index contributed by atoms with van der Waals surface area (Å²) in [5, 5.41) is 4.09. The Morgan fingerprint density at radius 1 is 1.30 bits per heavy atom. The van der Waals surface area contributed by atoms with Crippen molar-refractivity contribution in [2.75, 3.05) is 19.7 Å². The Bertz CT molecular complexity index is 702. The van der Waals surface area contributed by atoms with E-state index in [4.69, 9.17) is 4.74 Å². The number of para-hydroxylation sites is 1. The molecule has 1 aromatic carbocycles. The highest BCUT2D eigenvalue weighted by Crippen LogP contribution is 2.18. The van der Waals surface area contributed by atoms with Crippen LogP contribution in [0, 0.1) is 0 Å². The number of H-pyrrole nitrogens is 1. The largest absolute Gasteiger partial charge is 0.450 e. The van der Waals surface area contributed by atoms with E-state index in [0.29, 0.717) is 25.3 Å². The molecule has 0 radical (unpaired) electrons. The monoisotopic (exact) mass is 315 g/mol. The fourth-order valence-corrected chi connectivity index (χ4v) is 2.96. The van der Waals surface area contributed by atoms with Crippen LogP contribution < -0.4 is 5.32 Å². The van der Waals surface area contributed by atoms with E-state index < -0.39 is 0 Å². The molecule has 0 saturated carbocycles. The number of nitrogens with zero attached hydrogens (tertiary/aromatic N) is 1. The third kappa shape index (κ3) is 3.31. The molecule has 122 valence electrons. The third-order valence-electron chi connectivity index (χ3n) is 4.19. The van der Waals surface area contributed by atoms with Crippen molar-refractivity contribution in [3.63, 3.8) is 0 Å². The van der Waals surface area contributed by atoms with Gasteiger partial charge in [0, 0.05) is 30.7 Å². The van der Waals surface area contributed by atoms with Crippen LogP contribution in [0.1, 0.15) is 30.1 Å². The summed E-state index contributed by atoms with van der Waals surface area (Å²) < 4.78 is 5.00. The van der Waals surface area contributed by atoms with E-state index in [1.54, 1.807) is 11.8 Å². The van der Waals surface area contributed by atoms with Gasteiger partial charge in [0.1, 0.15) is 0 Å². The second-order valence-corrected chi connectivity index (χ2v) is 5.68. The Morgan fingerprint density at radius 2 is 2.09 bits per heavy atom. The fraction of sp³-hybridized carbons (Fsp3) is 0.412. The molecule has 2 aromatic rings. The number of ether oxygens (including phenoxy) is 1. The van der Waals surface area contributed by atoms with Crippen LogP contribution in [0.2, 0.25) is 0 Å². The van der Waals surface area contributed by atoms with Crippen molar-refractivity contribution in [3.8, 4) is 0 Å². The Morgan fingerprint density at radius 3 is 2.83 bits per heavy atom. The molecule has 2 heterocycles. The molecular formula is C17H21N3O3. The number of aromatic nitrogens is 1. The average molecular weight is 315 g/mol. The first-order valence-corrected chi connectivity index (χ1v) is 7.97. The molecule has 0 atom stereocenters. The zero-order valence-corrected chi connectivity index (χ0v) is 13.2. The zero-order valence-electron chi connectivity index (χ0n) is 13.2. The minimum atomic E-state index is -0.270. The number of nitrogens with one attached hydrogen (secondary N) is 2. The lowest BCUT2D eigenvalue weighted by Gasteiger charge is -2.31. The number of aromatic amines is 1. The number of rotatable bonds is 3. The number of carbonyl (C=O) groups is 2. The van der Waals surface area contributed by atoms with Gasteiger partial charge in [-0.3, -0.25) is 4.79 Å². The van der Waals surface area contributed by atoms with E-state index in [1.165, 1.54) is 0 Å². The molecule has 0 unspecified atom stereocenters. The first kappa shape index (κ1) is 15.4. The number of amides is 2. The molecule has 2 N–H and O–H groups in total. The van der Waals surface area contributed by atoms with Crippen molar-refractivity contribution < 1.29 is 14.3 Å². The molecule has 6 nitrogen and oxygen atoms in total. The van der Waals surface area contributed by atoms with E-state index >= 15 is 0 Å². The Balaban J connectivity index is 1.59. The van der Waals surface area contributed by atoms with Crippen LogP contribution in [0.3, 0.4) is 0 Å². The minimum absolute atomic E-state index is 0.0763. The summed E-state index contributed by atoms with van der Waals surface area (Å²) in [6, 6.07) is 7.71. The van der Waals surface area contributed by atoms with Gasteiger partial charge in [-0.1, -0.05) is 12.1 Å². The van der Waals surface area contributed by atoms with Crippen LogP contribution in [0.4, 0.5) is 4.79 Å². The molecule has 0 spiro atoms. The van der Waals surface area contributed by atoms with Crippen LogP contribution in [0.15, 0.2) is 30.5 Å². The van der Waals surface area contributed by atoms with Crippen LogP contribution in [0.25, 0.3) is 10.9 Å². The van der Waals surface area contributed by atoms with Crippen molar-refractivity contribution in [2.45, 2.75) is 25.8 Å². The maximum Gasteiger partial charge on any atom is 0.409 e.